The summed E-state index contributed by atoms with van der Waals surface area (Å²) in [6, 6.07) is 10.3. The van der Waals surface area contributed by atoms with Crippen molar-refractivity contribution in [2.24, 2.45) is 5.92 Å². The van der Waals surface area contributed by atoms with Crippen molar-refractivity contribution in [3.05, 3.63) is 30.3 Å². The first kappa shape index (κ1) is 17.4. The van der Waals surface area contributed by atoms with Gasteiger partial charge in [-0.15, -0.1) is 11.8 Å². The lowest BCUT2D eigenvalue weighted by atomic mass is 9.77. The molecule has 0 aliphatic heterocycles. The molecule has 1 aromatic carbocycles. The summed E-state index contributed by atoms with van der Waals surface area (Å²) < 4.78 is 6.06. The Kier molecular flexibility index (Phi) is 5.56. The van der Waals surface area contributed by atoms with E-state index in [4.69, 9.17) is 10.5 Å². The molecule has 1 amide bonds. The SMILES string of the molecule is CC(C)(C)OC1(C([NH])=O)CCCC(CSc2ccccc2)C1. The number of hydrogen-bond donors (Lipinski definition) is 0. The van der Waals surface area contributed by atoms with Crippen molar-refractivity contribution in [3.8, 4) is 0 Å². The Hall–Kier alpha value is -1.00. The molecule has 1 N–H and O–H groups in total. The second-order valence-electron chi connectivity index (χ2n) is 7.12. The first-order valence-electron chi connectivity index (χ1n) is 7.95. The normalized spacial score (nSPS) is 25.9. The summed E-state index contributed by atoms with van der Waals surface area (Å²) in [5, 5.41) is 0. The van der Waals surface area contributed by atoms with E-state index in [1.165, 1.54) is 4.90 Å². The lowest BCUT2D eigenvalue weighted by Gasteiger charge is -2.42. The fourth-order valence-electron chi connectivity index (χ4n) is 3.15. The Labute approximate surface area is 138 Å². The Balaban J connectivity index is 2.01. The van der Waals surface area contributed by atoms with Gasteiger partial charge in [0.15, 0.2) is 0 Å². The van der Waals surface area contributed by atoms with Gasteiger partial charge in [0.25, 0.3) is 5.91 Å². The summed E-state index contributed by atoms with van der Waals surface area (Å²) in [6.07, 6.45) is 3.43. The van der Waals surface area contributed by atoms with Crippen LogP contribution in [0.15, 0.2) is 35.2 Å². The number of rotatable bonds is 5. The molecular weight excluding hydrogens is 294 g/mol. The predicted molar refractivity (Wildman–Crippen MR) is 90.8 cm³/mol. The van der Waals surface area contributed by atoms with E-state index in [-0.39, 0.29) is 0 Å². The van der Waals surface area contributed by atoms with E-state index in [1.807, 2.05) is 50.7 Å². The van der Waals surface area contributed by atoms with Crippen molar-refractivity contribution in [1.29, 1.82) is 0 Å². The fourth-order valence-corrected chi connectivity index (χ4v) is 4.21. The van der Waals surface area contributed by atoms with Crippen molar-refractivity contribution in [3.63, 3.8) is 0 Å². The summed E-state index contributed by atoms with van der Waals surface area (Å²) in [7, 11) is 0. The van der Waals surface area contributed by atoms with Gasteiger partial charge in [-0.1, -0.05) is 18.2 Å². The van der Waals surface area contributed by atoms with E-state index in [0.29, 0.717) is 18.8 Å². The molecule has 0 bridgehead atoms. The maximum atomic E-state index is 12.0. The van der Waals surface area contributed by atoms with E-state index in [2.05, 4.69) is 12.1 Å². The highest BCUT2D eigenvalue weighted by Crippen LogP contribution is 2.40. The number of benzene rings is 1. The molecule has 0 saturated heterocycles. The molecule has 1 saturated carbocycles. The molecular formula is C18H26NO2S. The summed E-state index contributed by atoms with van der Waals surface area (Å²) in [5.74, 6) is 0.847. The third-order valence-corrected chi connectivity index (χ3v) is 5.20. The van der Waals surface area contributed by atoms with E-state index in [0.717, 1.165) is 18.6 Å². The lowest BCUT2D eigenvalue weighted by Crippen LogP contribution is -2.50. The fraction of sp³-hybridized carbons (Fsp3) is 0.611. The molecule has 0 aromatic heterocycles. The van der Waals surface area contributed by atoms with Crippen LogP contribution in [0.5, 0.6) is 0 Å². The lowest BCUT2D eigenvalue weighted by molar-refractivity contribution is -0.176. The van der Waals surface area contributed by atoms with Gasteiger partial charge in [-0.3, -0.25) is 10.5 Å². The summed E-state index contributed by atoms with van der Waals surface area (Å²) >= 11 is 1.83. The van der Waals surface area contributed by atoms with Gasteiger partial charge >= 0.3 is 0 Å². The molecule has 1 fully saturated rings. The highest BCUT2D eigenvalue weighted by molar-refractivity contribution is 7.99. The standard InChI is InChI=1S/C18H26NO2S/c1-17(2,3)21-18(16(19)20)11-7-8-14(12-18)13-22-15-9-5-4-6-10-15/h4-6,9-10,14,19H,7-8,11-13H2,1-3H3. The zero-order chi connectivity index (χ0) is 16.2. The van der Waals surface area contributed by atoms with Crippen LogP contribution in [0.3, 0.4) is 0 Å². The van der Waals surface area contributed by atoms with Crippen molar-refractivity contribution in [2.75, 3.05) is 5.75 Å². The van der Waals surface area contributed by atoms with Crippen molar-refractivity contribution >= 4 is 17.7 Å². The van der Waals surface area contributed by atoms with Gasteiger partial charge in [0.1, 0.15) is 5.60 Å². The molecule has 22 heavy (non-hydrogen) atoms. The monoisotopic (exact) mass is 320 g/mol. The summed E-state index contributed by atoms with van der Waals surface area (Å²) in [6.45, 7) is 5.88. The molecule has 4 heteroatoms. The second kappa shape index (κ2) is 7.05. The average Bonchev–Trinajstić information content (AvgIpc) is 2.45. The molecule has 2 atom stereocenters. The van der Waals surface area contributed by atoms with E-state index >= 15 is 0 Å². The molecule has 1 aliphatic rings. The molecule has 1 aliphatic carbocycles. The van der Waals surface area contributed by atoms with E-state index in [1.54, 1.807) is 0 Å². The number of carbonyl (C=O) groups is 1. The number of carbonyl (C=O) groups excluding carboxylic acids is 1. The summed E-state index contributed by atoms with van der Waals surface area (Å²) in [4.78, 5) is 13.2. The minimum absolute atomic E-state index is 0.398. The second-order valence-corrected chi connectivity index (χ2v) is 8.22. The van der Waals surface area contributed by atoms with Crippen LogP contribution in [0.1, 0.15) is 46.5 Å². The van der Waals surface area contributed by atoms with Crippen LogP contribution in [0, 0.1) is 5.92 Å². The molecule has 0 heterocycles. The topological polar surface area (TPSA) is 50.1 Å². The molecule has 0 spiro atoms. The van der Waals surface area contributed by atoms with Crippen LogP contribution >= 0.6 is 11.8 Å². The highest BCUT2D eigenvalue weighted by atomic mass is 32.2. The first-order valence-corrected chi connectivity index (χ1v) is 8.93. The maximum Gasteiger partial charge on any atom is 0.270 e. The Morgan fingerprint density at radius 3 is 2.64 bits per heavy atom. The zero-order valence-corrected chi connectivity index (χ0v) is 14.5. The van der Waals surface area contributed by atoms with Crippen LogP contribution in [-0.2, 0) is 9.53 Å². The Morgan fingerprint density at radius 2 is 2.05 bits per heavy atom. The van der Waals surface area contributed by atoms with Gasteiger partial charge < -0.3 is 4.74 Å². The number of thioether (sulfide) groups is 1. The van der Waals surface area contributed by atoms with Gasteiger partial charge in [0, 0.05) is 10.6 Å². The molecule has 2 unspecified atom stereocenters. The highest BCUT2D eigenvalue weighted by Gasteiger charge is 2.45. The quantitative estimate of drug-likeness (QED) is 0.759. The third-order valence-electron chi connectivity index (χ3n) is 3.96. The first-order chi connectivity index (χ1) is 10.3. The van der Waals surface area contributed by atoms with Crippen LogP contribution in [0.25, 0.3) is 0 Å². The Bertz CT molecular complexity index is 498. The molecule has 1 aromatic rings. The number of ether oxygens (including phenoxy) is 1. The molecule has 121 valence electrons. The van der Waals surface area contributed by atoms with Crippen molar-refractivity contribution in [1.82, 2.24) is 5.73 Å². The number of nitrogens with one attached hydrogen (secondary N) is 1. The van der Waals surface area contributed by atoms with Crippen LogP contribution in [0.2, 0.25) is 0 Å². The zero-order valence-electron chi connectivity index (χ0n) is 13.7. The Morgan fingerprint density at radius 1 is 1.36 bits per heavy atom. The van der Waals surface area contributed by atoms with Crippen LogP contribution < -0.4 is 5.73 Å². The number of amides is 1. The van der Waals surface area contributed by atoms with Crippen molar-refractivity contribution in [2.45, 2.75) is 62.6 Å². The number of hydrogen-bond acceptors (Lipinski definition) is 3. The minimum atomic E-state index is -0.904. The smallest absolute Gasteiger partial charge is 0.270 e. The minimum Gasteiger partial charge on any atom is -0.359 e. The van der Waals surface area contributed by atoms with Gasteiger partial charge in [0.2, 0.25) is 0 Å². The maximum absolute atomic E-state index is 12.0. The van der Waals surface area contributed by atoms with Gasteiger partial charge in [0.05, 0.1) is 5.60 Å². The molecule has 2 rings (SSSR count). The van der Waals surface area contributed by atoms with Crippen molar-refractivity contribution < 1.29 is 9.53 Å². The predicted octanol–water partition coefficient (Wildman–Crippen LogP) is 4.33. The third kappa shape index (κ3) is 4.75. The van der Waals surface area contributed by atoms with Crippen LogP contribution in [-0.4, -0.2) is 22.9 Å². The summed E-state index contributed by atoms with van der Waals surface area (Å²) in [5.41, 5.74) is 6.41. The van der Waals surface area contributed by atoms with Gasteiger partial charge in [-0.25, -0.2) is 0 Å². The largest absolute Gasteiger partial charge is 0.359 e. The van der Waals surface area contributed by atoms with Gasteiger partial charge in [-0.05, 0) is 64.5 Å². The van der Waals surface area contributed by atoms with E-state index < -0.39 is 17.1 Å². The van der Waals surface area contributed by atoms with Gasteiger partial charge in [-0.2, -0.15) is 0 Å². The van der Waals surface area contributed by atoms with E-state index in [9.17, 15) is 4.79 Å². The molecule has 1 radical (unpaired) electrons. The van der Waals surface area contributed by atoms with Crippen LogP contribution in [0.4, 0.5) is 0 Å². The molecule has 3 nitrogen and oxygen atoms in total. The average molecular weight is 320 g/mol.